The first kappa shape index (κ1) is 15.8. The topological polar surface area (TPSA) is 38.5 Å². The molecule has 2 N–H and O–H groups in total. The molecule has 1 unspecified atom stereocenters. The molecule has 19 heavy (non-hydrogen) atoms. The predicted molar refractivity (Wildman–Crippen MR) is 83.2 cm³/mol. The zero-order valence-corrected chi connectivity index (χ0v) is 12.9. The standard InChI is InChI=1S/C16H28N2O/c1-12(2)14-8-9-15(16(11-14)19-5)18(4)10-6-7-13(3)17/h8-9,11-13H,6-7,10,17H2,1-5H3. The summed E-state index contributed by atoms with van der Waals surface area (Å²) in [6, 6.07) is 6.76. The van der Waals surface area contributed by atoms with Gasteiger partial charge in [-0.15, -0.1) is 0 Å². The minimum absolute atomic E-state index is 0.276. The third kappa shape index (κ3) is 4.75. The first-order valence-electron chi connectivity index (χ1n) is 7.10. The van der Waals surface area contributed by atoms with Crippen molar-refractivity contribution in [2.45, 2.75) is 45.6 Å². The zero-order valence-electron chi connectivity index (χ0n) is 12.9. The SMILES string of the molecule is COc1cc(C(C)C)ccc1N(C)CCCC(C)N. The molecule has 3 heteroatoms. The van der Waals surface area contributed by atoms with Crippen molar-refractivity contribution in [1.29, 1.82) is 0 Å². The van der Waals surface area contributed by atoms with Crippen molar-refractivity contribution in [3.05, 3.63) is 23.8 Å². The monoisotopic (exact) mass is 264 g/mol. The van der Waals surface area contributed by atoms with Gasteiger partial charge in [0.05, 0.1) is 12.8 Å². The van der Waals surface area contributed by atoms with Crippen LogP contribution in [0.3, 0.4) is 0 Å². The lowest BCUT2D eigenvalue weighted by atomic mass is 10.0. The van der Waals surface area contributed by atoms with Gasteiger partial charge < -0.3 is 15.4 Å². The summed E-state index contributed by atoms with van der Waals surface area (Å²) < 4.78 is 5.52. The molecule has 1 rings (SSSR count). The highest BCUT2D eigenvalue weighted by Crippen LogP contribution is 2.31. The van der Waals surface area contributed by atoms with Gasteiger partial charge in [-0.2, -0.15) is 0 Å². The maximum absolute atomic E-state index is 5.78. The van der Waals surface area contributed by atoms with Gasteiger partial charge >= 0.3 is 0 Å². The van der Waals surface area contributed by atoms with Gasteiger partial charge in [0.2, 0.25) is 0 Å². The van der Waals surface area contributed by atoms with Crippen LogP contribution in [-0.2, 0) is 0 Å². The Morgan fingerprint density at radius 3 is 2.47 bits per heavy atom. The number of rotatable bonds is 7. The number of hydrogen-bond acceptors (Lipinski definition) is 3. The Hall–Kier alpha value is -1.22. The molecule has 0 saturated heterocycles. The molecule has 1 aromatic carbocycles. The second kappa shape index (κ2) is 7.39. The highest BCUT2D eigenvalue weighted by Gasteiger charge is 2.10. The van der Waals surface area contributed by atoms with Crippen LogP contribution in [0.4, 0.5) is 5.69 Å². The lowest BCUT2D eigenvalue weighted by Gasteiger charge is -2.23. The first-order chi connectivity index (χ1) is 8.95. The maximum Gasteiger partial charge on any atom is 0.142 e. The van der Waals surface area contributed by atoms with Crippen molar-refractivity contribution in [3.8, 4) is 5.75 Å². The van der Waals surface area contributed by atoms with E-state index in [2.05, 4.69) is 50.9 Å². The molecule has 0 radical (unpaired) electrons. The van der Waals surface area contributed by atoms with E-state index in [9.17, 15) is 0 Å². The van der Waals surface area contributed by atoms with Crippen LogP contribution in [0.25, 0.3) is 0 Å². The summed E-state index contributed by atoms with van der Waals surface area (Å²) in [5.41, 5.74) is 8.24. The predicted octanol–water partition coefficient (Wildman–Crippen LogP) is 3.38. The van der Waals surface area contributed by atoms with E-state index in [1.165, 1.54) is 5.56 Å². The second-order valence-electron chi connectivity index (χ2n) is 5.63. The van der Waals surface area contributed by atoms with Gasteiger partial charge in [-0.3, -0.25) is 0 Å². The molecule has 0 aromatic heterocycles. The minimum atomic E-state index is 0.276. The summed E-state index contributed by atoms with van der Waals surface area (Å²) in [6.45, 7) is 7.44. The van der Waals surface area contributed by atoms with Crippen molar-refractivity contribution in [1.82, 2.24) is 0 Å². The maximum atomic E-state index is 5.78. The number of nitrogens with two attached hydrogens (primary N) is 1. The molecule has 0 aliphatic carbocycles. The molecule has 0 bridgehead atoms. The Kier molecular flexibility index (Phi) is 6.16. The largest absolute Gasteiger partial charge is 0.495 e. The fourth-order valence-corrected chi connectivity index (χ4v) is 2.14. The Morgan fingerprint density at radius 2 is 1.95 bits per heavy atom. The van der Waals surface area contributed by atoms with Crippen LogP contribution in [0.2, 0.25) is 0 Å². The molecular weight excluding hydrogens is 236 g/mol. The van der Waals surface area contributed by atoms with E-state index in [1.54, 1.807) is 7.11 Å². The summed E-state index contributed by atoms with van der Waals surface area (Å²) in [5, 5.41) is 0. The molecule has 0 heterocycles. The third-order valence-electron chi connectivity index (χ3n) is 3.43. The first-order valence-corrected chi connectivity index (χ1v) is 7.10. The smallest absolute Gasteiger partial charge is 0.142 e. The summed E-state index contributed by atoms with van der Waals surface area (Å²) >= 11 is 0. The van der Waals surface area contributed by atoms with Crippen molar-refractivity contribution >= 4 is 5.69 Å². The quantitative estimate of drug-likeness (QED) is 0.820. The number of nitrogens with zero attached hydrogens (tertiary/aromatic N) is 1. The molecule has 0 saturated carbocycles. The van der Waals surface area contributed by atoms with E-state index < -0.39 is 0 Å². The van der Waals surface area contributed by atoms with Crippen LogP contribution in [0.1, 0.15) is 45.1 Å². The third-order valence-corrected chi connectivity index (χ3v) is 3.43. The summed E-state index contributed by atoms with van der Waals surface area (Å²) in [7, 11) is 3.84. The van der Waals surface area contributed by atoms with Gasteiger partial charge in [-0.05, 0) is 43.4 Å². The van der Waals surface area contributed by atoms with Crippen LogP contribution in [0, 0.1) is 0 Å². The number of hydrogen-bond donors (Lipinski definition) is 1. The summed E-state index contributed by atoms with van der Waals surface area (Å²) in [5.74, 6) is 1.47. The van der Waals surface area contributed by atoms with E-state index in [-0.39, 0.29) is 6.04 Å². The second-order valence-corrected chi connectivity index (χ2v) is 5.63. The highest BCUT2D eigenvalue weighted by molar-refractivity contribution is 5.59. The molecular formula is C16H28N2O. The van der Waals surface area contributed by atoms with Crippen LogP contribution in [-0.4, -0.2) is 26.7 Å². The molecule has 0 spiro atoms. The fourth-order valence-electron chi connectivity index (χ4n) is 2.14. The van der Waals surface area contributed by atoms with Gasteiger partial charge in [0.25, 0.3) is 0 Å². The van der Waals surface area contributed by atoms with E-state index >= 15 is 0 Å². The van der Waals surface area contributed by atoms with E-state index in [0.717, 1.165) is 30.8 Å². The van der Waals surface area contributed by atoms with Gasteiger partial charge in [-0.25, -0.2) is 0 Å². The molecule has 0 aliphatic rings. The fraction of sp³-hybridized carbons (Fsp3) is 0.625. The summed E-state index contributed by atoms with van der Waals surface area (Å²) in [4.78, 5) is 2.24. The van der Waals surface area contributed by atoms with E-state index in [0.29, 0.717) is 5.92 Å². The van der Waals surface area contributed by atoms with Gasteiger partial charge in [0.15, 0.2) is 0 Å². The molecule has 1 aromatic rings. The number of benzene rings is 1. The molecule has 0 aliphatic heterocycles. The molecule has 3 nitrogen and oxygen atoms in total. The van der Waals surface area contributed by atoms with Crippen LogP contribution in [0.15, 0.2) is 18.2 Å². The van der Waals surface area contributed by atoms with E-state index in [1.807, 2.05) is 0 Å². The number of anilines is 1. The zero-order chi connectivity index (χ0) is 14.4. The van der Waals surface area contributed by atoms with Gasteiger partial charge in [0, 0.05) is 19.6 Å². The molecule has 108 valence electrons. The Labute approximate surface area is 117 Å². The number of methoxy groups -OCH3 is 1. The molecule has 0 fully saturated rings. The van der Waals surface area contributed by atoms with Crippen LogP contribution in [0.5, 0.6) is 5.75 Å². The lowest BCUT2D eigenvalue weighted by Crippen LogP contribution is -2.22. The Morgan fingerprint density at radius 1 is 1.26 bits per heavy atom. The van der Waals surface area contributed by atoms with Gasteiger partial charge in [0.1, 0.15) is 5.75 Å². The highest BCUT2D eigenvalue weighted by atomic mass is 16.5. The van der Waals surface area contributed by atoms with E-state index in [4.69, 9.17) is 10.5 Å². The van der Waals surface area contributed by atoms with Crippen molar-refractivity contribution < 1.29 is 4.74 Å². The number of ether oxygens (including phenoxy) is 1. The average molecular weight is 264 g/mol. The normalized spacial score (nSPS) is 12.6. The Balaban J connectivity index is 2.76. The lowest BCUT2D eigenvalue weighted by molar-refractivity contribution is 0.414. The average Bonchev–Trinajstić information content (AvgIpc) is 2.37. The van der Waals surface area contributed by atoms with Crippen LogP contribution >= 0.6 is 0 Å². The minimum Gasteiger partial charge on any atom is -0.495 e. The van der Waals surface area contributed by atoms with Gasteiger partial charge in [-0.1, -0.05) is 19.9 Å². The van der Waals surface area contributed by atoms with Crippen molar-refractivity contribution in [2.24, 2.45) is 5.73 Å². The van der Waals surface area contributed by atoms with Crippen molar-refractivity contribution in [2.75, 3.05) is 25.6 Å². The Bertz CT molecular complexity index is 388. The van der Waals surface area contributed by atoms with Crippen LogP contribution < -0.4 is 15.4 Å². The molecule has 0 amide bonds. The van der Waals surface area contributed by atoms with Crippen molar-refractivity contribution in [3.63, 3.8) is 0 Å². The summed E-state index contributed by atoms with van der Waals surface area (Å²) in [6.07, 6.45) is 2.15. The molecule has 1 atom stereocenters.